The molecular formula is C49H56N10O8. The van der Waals surface area contributed by atoms with E-state index in [1.165, 1.54) is 32.9 Å². The number of hydrogen-bond acceptors (Lipinski definition) is 16. The number of anilines is 2. The highest BCUT2D eigenvalue weighted by molar-refractivity contribution is 6.02. The number of aliphatic hydroxyl groups is 1. The molecule has 0 aliphatic carbocycles. The van der Waals surface area contributed by atoms with Crippen LogP contribution >= 0.6 is 0 Å². The number of aliphatic hydroxyl groups excluding tert-OH is 1. The molecule has 0 bridgehead atoms. The number of esters is 3. The van der Waals surface area contributed by atoms with Crippen LogP contribution in [0.5, 0.6) is 0 Å². The summed E-state index contributed by atoms with van der Waals surface area (Å²) in [5.41, 5.74) is 3.57. The molecule has 0 aliphatic rings. The van der Waals surface area contributed by atoms with Crippen molar-refractivity contribution in [1.82, 2.24) is 10.6 Å². The number of rotatable bonds is 22. The summed E-state index contributed by atoms with van der Waals surface area (Å²) in [4.78, 5) is 60.4. The van der Waals surface area contributed by atoms with E-state index < -0.39 is 29.7 Å². The standard InChI is InChI=1S/C22H23N5O3.C18H19N5O2.C8H10O3.CH4/c1-17(2)22(29)30-14-11-26-21(28)19(16-25)15-18-5-7-20(8-6-18)27(12-3-9-23)13-4-10-24;19-7-1-10-23(11-2-8-20)17-5-3-15(4-6-17)13-16(14-21)18(25)22-9-12-24;1-5(2)7(9)11-8(10)6(3)4;/h5-8,15H,1,3-4,11-14H2,2H3,(H,26,28);3-6,13,24H,1-2,9-12H2,(H,22,25);1,3H2,2,4H3;1H4/b19-15+;16-13+;;. The van der Waals surface area contributed by atoms with Gasteiger partial charge in [0.25, 0.3) is 11.8 Å². The molecule has 2 aromatic rings. The van der Waals surface area contributed by atoms with Crippen LogP contribution in [0.2, 0.25) is 0 Å². The molecule has 0 aliphatic heterocycles. The number of nitriles is 6. The number of carbonyl (C=O) groups excluding carboxylic acids is 5. The third-order valence-corrected chi connectivity index (χ3v) is 8.09. The van der Waals surface area contributed by atoms with Crippen molar-refractivity contribution < 1.29 is 38.6 Å². The molecule has 2 aromatic carbocycles. The molecule has 18 nitrogen and oxygen atoms in total. The fourth-order valence-electron chi connectivity index (χ4n) is 4.72. The van der Waals surface area contributed by atoms with Gasteiger partial charge < -0.3 is 35.0 Å². The Morgan fingerprint density at radius 2 is 0.910 bits per heavy atom. The molecule has 0 atom stereocenters. The first-order valence-corrected chi connectivity index (χ1v) is 20.0. The normalized spacial score (nSPS) is 9.76. The zero-order valence-corrected chi connectivity index (χ0v) is 37.3. The van der Waals surface area contributed by atoms with Crippen LogP contribution in [0.4, 0.5) is 11.4 Å². The number of ether oxygens (including phenoxy) is 2. The molecule has 350 valence electrons. The van der Waals surface area contributed by atoms with Crippen molar-refractivity contribution in [3.63, 3.8) is 0 Å². The molecule has 0 fully saturated rings. The van der Waals surface area contributed by atoms with Crippen molar-refractivity contribution in [2.45, 2.75) is 53.9 Å². The van der Waals surface area contributed by atoms with E-state index in [9.17, 15) is 29.2 Å². The molecule has 2 rings (SSSR count). The summed E-state index contributed by atoms with van der Waals surface area (Å²) in [6.45, 7) is 16.6. The minimum Gasteiger partial charge on any atom is -0.460 e. The predicted molar refractivity (Wildman–Crippen MR) is 252 cm³/mol. The maximum Gasteiger partial charge on any atom is 0.340 e. The summed E-state index contributed by atoms with van der Waals surface area (Å²) >= 11 is 0. The molecule has 3 N–H and O–H groups in total. The second kappa shape index (κ2) is 35.6. The molecule has 0 radical (unpaired) electrons. The summed E-state index contributed by atoms with van der Waals surface area (Å²) in [6, 6.07) is 26.3. The van der Waals surface area contributed by atoms with E-state index in [-0.39, 0.29) is 61.6 Å². The van der Waals surface area contributed by atoms with Crippen molar-refractivity contribution in [3.8, 4) is 36.4 Å². The third kappa shape index (κ3) is 25.8. The monoisotopic (exact) mass is 912 g/mol. The lowest BCUT2D eigenvalue weighted by molar-refractivity contribution is -0.154. The minimum atomic E-state index is -0.710. The second-order valence-corrected chi connectivity index (χ2v) is 13.5. The first kappa shape index (κ1) is 60.3. The Labute approximate surface area is 392 Å². The van der Waals surface area contributed by atoms with Crippen LogP contribution in [-0.4, -0.2) is 87.3 Å². The molecule has 0 heterocycles. The van der Waals surface area contributed by atoms with Gasteiger partial charge in [-0.2, -0.15) is 31.6 Å². The Morgan fingerprint density at radius 1 is 0.582 bits per heavy atom. The van der Waals surface area contributed by atoms with Crippen LogP contribution in [0.25, 0.3) is 12.2 Å². The van der Waals surface area contributed by atoms with Crippen molar-refractivity contribution in [3.05, 3.63) is 107 Å². The fourth-order valence-corrected chi connectivity index (χ4v) is 4.72. The zero-order valence-electron chi connectivity index (χ0n) is 37.3. The topological polar surface area (TPSA) is 297 Å². The van der Waals surface area contributed by atoms with E-state index in [1.54, 1.807) is 24.3 Å². The number of amides is 2. The zero-order chi connectivity index (χ0) is 49.9. The van der Waals surface area contributed by atoms with E-state index in [4.69, 9.17) is 36.2 Å². The maximum absolute atomic E-state index is 12.1. The average molecular weight is 913 g/mol. The Morgan fingerprint density at radius 3 is 1.19 bits per heavy atom. The Bertz CT molecular complexity index is 2290. The van der Waals surface area contributed by atoms with Crippen LogP contribution in [0, 0.1) is 68.0 Å². The first-order valence-electron chi connectivity index (χ1n) is 20.0. The Hall–Kier alpha value is -8.81. The van der Waals surface area contributed by atoms with Crippen LogP contribution in [0.15, 0.2) is 96.1 Å². The molecule has 2 amide bonds. The number of carbonyl (C=O) groups is 5. The molecule has 0 saturated heterocycles. The second-order valence-electron chi connectivity index (χ2n) is 13.5. The third-order valence-electron chi connectivity index (χ3n) is 8.09. The van der Waals surface area contributed by atoms with Gasteiger partial charge in [0, 0.05) is 60.8 Å². The number of nitrogens with one attached hydrogen (secondary N) is 2. The SMILES string of the molecule is C.C=C(C)C(=O)OC(=O)C(=C)C.C=C(C)C(=O)OCCNC(=O)/C(C#N)=C/c1ccc(N(CCC#N)CCC#N)cc1.N#CCCN(CCC#N)c1ccc(/C=C(\C#N)C(=O)NCCO)cc1. The minimum absolute atomic E-state index is 0. The van der Waals surface area contributed by atoms with Crippen LogP contribution in [0.1, 0.15) is 65.0 Å². The van der Waals surface area contributed by atoms with E-state index in [0.717, 1.165) is 11.4 Å². The van der Waals surface area contributed by atoms with E-state index in [2.05, 4.69) is 59.4 Å². The van der Waals surface area contributed by atoms with Crippen molar-refractivity contribution in [1.29, 1.82) is 31.6 Å². The van der Waals surface area contributed by atoms with Crippen LogP contribution in [-0.2, 0) is 33.4 Å². The quantitative estimate of drug-likeness (QED) is 0.0423. The number of hydrogen-bond donors (Lipinski definition) is 3. The highest BCUT2D eigenvalue weighted by atomic mass is 16.6. The van der Waals surface area contributed by atoms with Crippen molar-refractivity contribution in [2.75, 3.05) is 62.3 Å². The predicted octanol–water partition coefficient (Wildman–Crippen LogP) is 5.64. The van der Waals surface area contributed by atoms with Crippen molar-refractivity contribution >= 4 is 53.2 Å². The molecule has 18 heteroatoms. The summed E-state index contributed by atoms with van der Waals surface area (Å²) in [5, 5.41) is 67.1. The van der Waals surface area contributed by atoms with Gasteiger partial charge in [-0.25, -0.2) is 14.4 Å². The largest absolute Gasteiger partial charge is 0.460 e. The highest BCUT2D eigenvalue weighted by Crippen LogP contribution is 2.19. The highest BCUT2D eigenvalue weighted by Gasteiger charge is 2.13. The van der Waals surface area contributed by atoms with Gasteiger partial charge in [0.2, 0.25) is 0 Å². The Balaban J connectivity index is 0. The summed E-state index contributed by atoms with van der Waals surface area (Å²) < 4.78 is 9.17. The molecule has 67 heavy (non-hydrogen) atoms. The van der Waals surface area contributed by atoms with E-state index in [0.29, 0.717) is 63.0 Å². The molecule has 0 saturated carbocycles. The van der Waals surface area contributed by atoms with Gasteiger partial charge in [0.05, 0.1) is 63.1 Å². The van der Waals surface area contributed by atoms with Gasteiger partial charge in [-0.1, -0.05) is 51.4 Å². The van der Waals surface area contributed by atoms with E-state index >= 15 is 0 Å². The van der Waals surface area contributed by atoms with Gasteiger partial charge in [-0.3, -0.25) is 9.59 Å². The summed E-state index contributed by atoms with van der Waals surface area (Å²) in [7, 11) is 0. The fraction of sp³-hybridized carbons (Fsp3) is 0.327. The molecule has 0 unspecified atom stereocenters. The smallest absolute Gasteiger partial charge is 0.340 e. The van der Waals surface area contributed by atoms with Crippen LogP contribution < -0.4 is 20.4 Å². The lowest BCUT2D eigenvalue weighted by Crippen LogP contribution is -2.29. The lowest BCUT2D eigenvalue weighted by atomic mass is 10.1. The van der Waals surface area contributed by atoms with Gasteiger partial charge in [-0.15, -0.1) is 0 Å². The molecule has 0 aromatic heterocycles. The lowest BCUT2D eigenvalue weighted by Gasteiger charge is -2.22. The van der Waals surface area contributed by atoms with Crippen LogP contribution in [0.3, 0.4) is 0 Å². The number of benzene rings is 2. The van der Waals surface area contributed by atoms with Gasteiger partial charge >= 0.3 is 17.9 Å². The Kier molecular flexibility index (Phi) is 32.1. The van der Waals surface area contributed by atoms with Gasteiger partial charge in [0.1, 0.15) is 29.9 Å². The molecule has 0 spiro atoms. The first-order chi connectivity index (χ1) is 31.5. The average Bonchev–Trinajstić information content (AvgIpc) is 3.31. The van der Waals surface area contributed by atoms with E-state index in [1.807, 2.05) is 46.2 Å². The van der Waals surface area contributed by atoms with Gasteiger partial charge in [-0.05, 0) is 68.3 Å². The summed E-state index contributed by atoms with van der Waals surface area (Å²) in [6.07, 6.45) is 4.31. The summed E-state index contributed by atoms with van der Waals surface area (Å²) in [5.74, 6) is -3.07. The molecular weight excluding hydrogens is 857 g/mol. The maximum atomic E-state index is 12.1. The van der Waals surface area contributed by atoms with Crippen molar-refractivity contribution in [2.24, 2.45) is 0 Å². The number of nitrogens with zero attached hydrogens (tertiary/aromatic N) is 8. The van der Waals surface area contributed by atoms with Gasteiger partial charge in [0.15, 0.2) is 0 Å².